The second-order valence-electron chi connectivity index (χ2n) is 11.1. The predicted octanol–water partition coefficient (Wildman–Crippen LogP) is 7.08. The molecule has 0 saturated carbocycles. The van der Waals surface area contributed by atoms with Crippen molar-refractivity contribution in [3.05, 3.63) is 108 Å². The molecule has 3 aromatic carbocycles. The Bertz CT molecular complexity index is 1050. The van der Waals surface area contributed by atoms with Gasteiger partial charge in [0.1, 0.15) is 0 Å². The van der Waals surface area contributed by atoms with Crippen LogP contribution in [-0.4, -0.2) is 27.1 Å². The van der Waals surface area contributed by atoms with Gasteiger partial charge in [-0.1, -0.05) is 130 Å². The van der Waals surface area contributed by atoms with Gasteiger partial charge in [0.05, 0.1) is 18.8 Å². The third kappa shape index (κ3) is 6.26. The van der Waals surface area contributed by atoms with Crippen molar-refractivity contribution < 1.29 is 9.16 Å². The molecule has 2 atom stereocenters. The van der Waals surface area contributed by atoms with E-state index in [-0.39, 0.29) is 11.1 Å². The van der Waals surface area contributed by atoms with Gasteiger partial charge in [-0.25, -0.2) is 0 Å². The maximum Gasteiger partial charge on any atom is 0.261 e. The van der Waals surface area contributed by atoms with Crippen LogP contribution in [0.4, 0.5) is 0 Å². The smallest absolute Gasteiger partial charge is 0.261 e. The molecule has 3 heteroatoms. The number of hydrogen-bond acceptors (Lipinski definition) is 2. The molecule has 0 amide bonds. The van der Waals surface area contributed by atoms with Crippen LogP contribution in [-0.2, 0) is 15.6 Å². The highest BCUT2D eigenvalue weighted by Crippen LogP contribution is 2.37. The predicted molar refractivity (Wildman–Crippen MR) is 155 cm³/mol. The van der Waals surface area contributed by atoms with Crippen LogP contribution in [0.3, 0.4) is 0 Å². The SMILES string of the molecule is CC[C@H]1C/C(=C\CO[Si](c2ccccc2)(c2ccccc2)C(C)(C)C)C[C@@H](CCc2ccccc2)O1. The monoisotopic (exact) mass is 498 g/mol. The minimum atomic E-state index is -2.51. The fraction of sp³-hybridized carbons (Fsp3) is 0.394. The number of hydrogen-bond donors (Lipinski definition) is 0. The lowest BCUT2D eigenvalue weighted by atomic mass is 9.93. The third-order valence-corrected chi connectivity index (χ3v) is 12.5. The highest BCUT2D eigenvalue weighted by atomic mass is 28.4. The Labute approximate surface area is 219 Å². The maximum absolute atomic E-state index is 7.12. The highest BCUT2D eigenvalue weighted by Gasteiger charge is 2.49. The zero-order chi connectivity index (χ0) is 25.4. The quantitative estimate of drug-likeness (QED) is 0.232. The summed E-state index contributed by atoms with van der Waals surface area (Å²) < 4.78 is 13.6. The molecule has 3 aromatic rings. The van der Waals surface area contributed by atoms with Crippen LogP contribution in [0.2, 0.25) is 5.04 Å². The molecule has 1 aliphatic heterocycles. The fourth-order valence-electron chi connectivity index (χ4n) is 5.63. The Hall–Kier alpha value is -2.46. The Morgan fingerprint density at radius 2 is 1.33 bits per heavy atom. The molecule has 0 aromatic heterocycles. The molecule has 1 saturated heterocycles. The van der Waals surface area contributed by atoms with E-state index in [1.807, 2.05) is 0 Å². The summed E-state index contributed by atoms with van der Waals surface area (Å²) in [4.78, 5) is 0. The van der Waals surface area contributed by atoms with Crippen molar-refractivity contribution in [3.63, 3.8) is 0 Å². The fourth-order valence-corrected chi connectivity index (χ4v) is 10.1. The molecule has 0 aliphatic carbocycles. The topological polar surface area (TPSA) is 18.5 Å². The number of ether oxygens (including phenoxy) is 1. The van der Waals surface area contributed by atoms with E-state index in [2.05, 4.69) is 125 Å². The molecule has 0 unspecified atom stereocenters. The summed E-state index contributed by atoms with van der Waals surface area (Å²) in [6, 6.07) is 32.6. The average Bonchev–Trinajstić information content (AvgIpc) is 2.91. The summed E-state index contributed by atoms with van der Waals surface area (Å²) in [5.74, 6) is 0. The van der Waals surface area contributed by atoms with Crippen LogP contribution in [0.25, 0.3) is 0 Å². The van der Waals surface area contributed by atoms with Gasteiger partial charge < -0.3 is 9.16 Å². The van der Waals surface area contributed by atoms with Gasteiger partial charge in [-0.15, -0.1) is 0 Å². The van der Waals surface area contributed by atoms with E-state index in [1.165, 1.54) is 21.5 Å². The number of rotatable bonds is 9. The molecule has 190 valence electrons. The van der Waals surface area contributed by atoms with E-state index in [9.17, 15) is 0 Å². The second-order valence-corrected chi connectivity index (χ2v) is 15.4. The Kier molecular flexibility index (Phi) is 9.00. The van der Waals surface area contributed by atoms with E-state index in [4.69, 9.17) is 9.16 Å². The maximum atomic E-state index is 7.12. The summed E-state index contributed by atoms with van der Waals surface area (Å²) in [7, 11) is -2.51. The van der Waals surface area contributed by atoms with Crippen LogP contribution in [0.1, 0.15) is 58.9 Å². The van der Waals surface area contributed by atoms with Crippen LogP contribution in [0, 0.1) is 0 Å². The third-order valence-electron chi connectivity index (χ3n) is 7.51. The first-order valence-corrected chi connectivity index (χ1v) is 15.5. The molecular weight excluding hydrogens is 456 g/mol. The molecule has 1 aliphatic rings. The van der Waals surface area contributed by atoms with E-state index in [0.29, 0.717) is 12.7 Å². The van der Waals surface area contributed by atoms with Crippen molar-refractivity contribution in [2.75, 3.05) is 6.61 Å². The Morgan fingerprint density at radius 1 is 0.806 bits per heavy atom. The van der Waals surface area contributed by atoms with Gasteiger partial charge in [0.15, 0.2) is 0 Å². The van der Waals surface area contributed by atoms with Crippen molar-refractivity contribution >= 4 is 18.7 Å². The van der Waals surface area contributed by atoms with Crippen LogP contribution >= 0.6 is 0 Å². The van der Waals surface area contributed by atoms with Crippen molar-refractivity contribution in [2.45, 2.75) is 77.0 Å². The molecule has 0 radical (unpaired) electrons. The van der Waals surface area contributed by atoms with E-state index < -0.39 is 8.32 Å². The van der Waals surface area contributed by atoms with Gasteiger partial charge in [-0.3, -0.25) is 0 Å². The van der Waals surface area contributed by atoms with Crippen molar-refractivity contribution in [1.29, 1.82) is 0 Å². The lowest BCUT2D eigenvalue weighted by molar-refractivity contribution is -0.0360. The summed E-state index contributed by atoms with van der Waals surface area (Å²) in [6.45, 7) is 9.90. The first-order chi connectivity index (χ1) is 17.4. The normalized spacial score (nSPS) is 19.9. The number of benzene rings is 3. The summed E-state index contributed by atoms with van der Waals surface area (Å²) >= 11 is 0. The highest BCUT2D eigenvalue weighted by molar-refractivity contribution is 6.99. The summed E-state index contributed by atoms with van der Waals surface area (Å²) in [5, 5.41) is 2.66. The lowest BCUT2D eigenvalue weighted by Gasteiger charge is -2.43. The van der Waals surface area contributed by atoms with Gasteiger partial charge in [-0.05, 0) is 53.1 Å². The van der Waals surface area contributed by atoms with E-state index >= 15 is 0 Å². The average molecular weight is 499 g/mol. The zero-order valence-corrected chi connectivity index (χ0v) is 23.5. The molecule has 0 bridgehead atoms. The van der Waals surface area contributed by atoms with Crippen LogP contribution < -0.4 is 10.4 Å². The van der Waals surface area contributed by atoms with Crippen LogP contribution in [0.15, 0.2) is 103 Å². The molecule has 2 nitrogen and oxygen atoms in total. The lowest BCUT2D eigenvalue weighted by Crippen LogP contribution is -2.66. The molecule has 4 rings (SSSR count). The first kappa shape index (κ1) is 26.6. The first-order valence-electron chi connectivity index (χ1n) is 13.5. The van der Waals surface area contributed by atoms with Gasteiger partial charge in [0, 0.05) is 0 Å². The van der Waals surface area contributed by atoms with E-state index in [1.54, 1.807) is 0 Å². The van der Waals surface area contributed by atoms with Gasteiger partial charge in [-0.2, -0.15) is 0 Å². The Morgan fingerprint density at radius 3 is 1.86 bits per heavy atom. The minimum Gasteiger partial charge on any atom is -0.404 e. The van der Waals surface area contributed by atoms with Crippen LogP contribution in [0.5, 0.6) is 0 Å². The second kappa shape index (κ2) is 12.2. The molecule has 0 N–H and O–H groups in total. The number of aryl methyl sites for hydroxylation is 1. The molecule has 1 heterocycles. The summed E-state index contributed by atoms with van der Waals surface area (Å²) in [6.07, 6.45) is 8.16. The molecule has 1 fully saturated rings. The zero-order valence-electron chi connectivity index (χ0n) is 22.5. The molecule has 0 spiro atoms. The van der Waals surface area contributed by atoms with Gasteiger partial charge in [0.2, 0.25) is 0 Å². The minimum absolute atomic E-state index is 0.00589. The van der Waals surface area contributed by atoms with Crippen molar-refractivity contribution in [3.8, 4) is 0 Å². The molecule has 36 heavy (non-hydrogen) atoms. The summed E-state index contributed by atoms with van der Waals surface area (Å²) in [5.41, 5.74) is 2.88. The Balaban J connectivity index is 1.54. The van der Waals surface area contributed by atoms with Crippen molar-refractivity contribution in [1.82, 2.24) is 0 Å². The van der Waals surface area contributed by atoms with E-state index in [0.717, 1.165) is 32.1 Å². The standard InChI is InChI=1S/C33H42O2Si/c1-5-29-25-28(26-30(35-29)22-21-27-15-9-6-10-16-27)23-24-34-36(33(2,3)4,31-17-11-7-12-18-31)32-19-13-8-14-20-32/h6-20,23,29-30H,5,21-22,24-26H2,1-4H3/b28-23+/t29-,30+/m0/s1. The largest absolute Gasteiger partial charge is 0.404 e. The van der Waals surface area contributed by atoms with Crippen molar-refractivity contribution in [2.24, 2.45) is 0 Å². The van der Waals surface area contributed by atoms with Gasteiger partial charge >= 0.3 is 0 Å². The van der Waals surface area contributed by atoms with Gasteiger partial charge in [0.25, 0.3) is 8.32 Å². The molecular formula is C33H42O2Si.